The summed E-state index contributed by atoms with van der Waals surface area (Å²) in [5.74, 6) is 0. The topological polar surface area (TPSA) is 67.8 Å². The molecule has 1 unspecified atom stereocenters. The summed E-state index contributed by atoms with van der Waals surface area (Å²) in [7, 11) is 0. The van der Waals surface area contributed by atoms with Crippen molar-refractivity contribution < 1.29 is 0 Å². The number of H-pyrrole nitrogens is 1. The van der Waals surface area contributed by atoms with E-state index in [-0.39, 0.29) is 6.04 Å². The minimum atomic E-state index is -0.0812. The molecule has 0 amide bonds. The SMILES string of the molecule is NCC(N)c1cccc2cc[nH]c12. The number of aromatic nitrogens is 1. The molecule has 0 bridgehead atoms. The highest BCUT2D eigenvalue weighted by Gasteiger charge is 2.07. The van der Waals surface area contributed by atoms with E-state index in [4.69, 9.17) is 11.5 Å². The number of nitrogens with two attached hydrogens (primary N) is 2. The molecule has 0 saturated carbocycles. The van der Waals surface area contributed by atoms with Gasteiger partial charge in [0.15, 0.2) is 0 Å². The van der Waals surface area contributed by atoms with E-state index in [0.717, 1.165) is 11.1 Å². The molecule has 13 heavy (non-hydrogen) atoms. The molecule has 1 aromatic heterocycles. The van der Waals surface area contributed by atoms with Crippen LogP contribution in [-0.4, -0.2) is 11.5 Å². The minimum absolute atomic E-state index is 0.0812. The minimum Gasteiger partial charge on any atom is -0.361 e. The van der Waals surface area contributed by atoms with Crippen LogP contribution in [0, 0.1) is 0 Å². The Morgan fingerprint density at radius 2 is 2.15 bits per heavy atom. The van der Waals surface area contributed by atoms with Gasteiger partial charge in [-0.2, -0.15) is 0 Å². The maximum absolute atomic E-state index is 5.87. The smallest absolute Gasteiger partial charge is 0.0502 e. The van der Waals surface area contributed by atoms with Crippen molar-refractivity contribution >= 4 is 10.9 Å². The molecule has 0 spiro atoms. The summed E-state index contributed by atoms with van der Waals surface area (Å²) in [6, 6.07) is 8.01. The predicted octanol–water partition coefficient (Wildman–Crippen LogP) is 1.13. The van der Waals surface area contributed by atoms with E-state index in [1.165, 1.54) is 5.39 Å². The Labute approximate surface area is 76.7 Å². The molecule has 3 heteroatoms. The van der Waals surface area contributed by atoms with Crippen molar-refractivity contribution in [2.24, 2.45) is 11.5 Å². The lowest BCUT2D eigenvalue weighted by atomic mass is 10.1. The van der Waals surface area contributed by atoms with Crippen LogP contribution in [0.1, 0.15) is 11.6 Å². The molecule has 0 aliphatic carbocycles. The first-order valence-corrected chi connectivity index (χ1v) is 4.34. The van der Waals surface area contributed by atoms with Gasteiger partial charge in [-0.25, -0.2) is 0 Å². The summed E-state index contributed by atoms with van der Waals surface area (Å²) in [4.78, 5) is 3.17. The highest BCUT2D eigenvalue weighted by atomic mass is 14.7. The Morgan fingerprint density at radius 3 is 2.92 bits per heavy atom. The first-order chi connectivity index (χ1) is 6.33. The first kappa shape index (κ1) is 8.29. The van der Waals surface area contributed by atoms with Crippen molar-refractivity contribution in [1.29, 1.82) is 0 Å². The van der Waals surface area contributed by atoms with Gasteiger partial charge in [-0.1, -0.05) is 18.2 Å². The molecule has 1 atom stereocenters. The Kier molecular flexibility index (Phi) is 2.04. The number of benzene rings is 1. The van der Waals surface area contributed by atoms with Gasteiger partial charge in [0, 0.05) is 18.8 Å². The van der Waals surface area contributed by atoms with Gasteiger partial charge in [0.25, 0.3) is 0 Å². The van der Waals surface area contributed by atoms with E-state index < -0.39 is 0 Å². The second-order valence-corrected chi connectivity index (χ2v) is 3.13. The molecular formula is C10H13N3. The number of fused-ring (bicyclic) bond motifs is 1. The summed E-state index contributed by atoms with van der Waals surface area (Å²) in [5.41, 5.74) is 13.6. The maximum Gasteiger partial charge on any atom is 0.0502 e. The molecule has 1 heterocycles. The van der Waals surface area contributed by atoms with Crippen LogP contribution in [-0.2, 0) is 0 Å². The molecule has 1 aromatic carbocycles. The van der Waals surface area contributed by atoms with Gasteiger partial charge in [-0.05, 0) is 17.0 Å². The fourth-order valence-corrected chi connectivity index (χ4v) is 1.55. The molecule has 68 valence electrons. The van der Waals surface area contributed by atoms with E-state index in [1.807, 2.05) is 24.4 Å². The number of para-hydroxylation sites is 1. The van der Waals surface area contributed by atoms with Crippen LogP contribution in [0.2, 0.25) is 0 Å². The number of rotatable bonds is 2. The molecule has 0 saturated heterocycles. The molecule has 2 aromatic rings. The van der Waals surface area contributed by atoms with E-state index in [1.54, 1.807) is 0 Å². The zero-order chi connectivity index (χ0) is 9.26. The summed E-state index contributed by atoms with van der Waals surface area (Å²) in [6.07, 6.45) is 1.91. The summed E-state index contributed by atoms with van der Waals surface area (Å²) in [5, 5.41) is 1.18. The molecule has 3 nitrogen and oxygen atoms in total. The second-order valence-electron chi connectivity index (χ2n) is 3.13. The molecular weight excluding hydrogens is 162 g/mol. The number of nitrogens with one attached hydrogen (secondary N) is 1. The zero-order valence-electron chi connectivity index (χ0n) is 7.33. The van der Waals surface area contributed by atoms with Crippen molar-refractivity contribution in [3.05, 3.63) is 36.0 Å². The van der Waals surface area contributed by atoms with Crippen LogP contribution in [0.15, 0.2) is 30.5 Å². The van der Waals surface area contributed by atoms with Gasteiger partial charge in [0.2, 0.25) is 0 Å². The lowest BCUT2D eigenvalue weighted by molar-refractivity contribution is 0.742. The Balaban J connectivity index is 2.60. The molecule has 0 aliphatic heterocycles. The van der Waals surface area contributed by atoms with E-state index in [9.17, 15) is 0 Å². The third-order valence-electron chi connectivity index (χ3n) is 2.27. The Morgan fingerprint density at radius 1 is 1.31 bits per heavy atom. The fourth-order valence-electron chi connectivity index (χ4n) is 1.55. The molecule has 0 radical (unpaired) electrons. The molecule has 0 aliphatic rings. The lowest BCUT2D eigenvalue weighted by Gasteiger charge is -2.09. The lowest BCUT2D eigenvalue weighted by Crippen LogP contribution is -2.20. The van der Waals surface area contributed by atoms with E-state index >= 15 is 0 Å². The van der Waals surface area contributed by atoms with E-state index in [2.05, 4.69) is 11.1 Å². The van der Waals surface area contributed by atoms with Crippen molar-refractivity contribution in [1.82, 2.24) is 4.98 Å². The maximum atomic E-state index is 5.87. The average molecular weight is 175 g/mol. The summed E-state index contributed by atoms with van der Waals surface area (Å²) in [6.45, 7) is 0.470. The predicted molar refractivity (Wildman–Crippen MR) is 54.3 cm³/mol. The van der Waals surface area contributed by atoms with Gasteiger partial charge in [0.05, 0.1) is 5.52 Å². The Bertz CT molecular complexity index is 405. The largest absolute Gasteiger partial charge is 0.361 e. The summed E-state index contributed by atoms with van der Waals surface area (Å²) < 4.78 is 0. The van der Waals surface area contributed by atoms with Gasteiger partial charge in [-0.3, -0.25) is 0 Å². The van der Waals surface area contributed by atoms with Gasteiger partial charge in [0.1, 0.15) is 0 Å². The highest BCUT2D eigenvalue weighted by Crippen LogP contribution is 2.20. The zero-order valence-corrected chi connectivity index (χ0v) is 7.33. The van der Waals surface area contributed by atoms with Crippen LogP contribution in [0.25, 0.3) is 10.9 Å². The van der Waals surface area contributed by atoms with Crippen LogP contribution in [0.5, 0.6) is 0 Å². The Hall–Kier alpha value is -1.32. The number of hydrogen-bond donors (Lipinski definition) is 3. The van der Waals surface area contributed by atoms with Crippen molar-refractivity contribution in [3.8, 4) is 0 Å². The van der Waals surface area contributed by atoms with Crippen LogP contribution in [0.3, 0.4) is 0 Å². The molecule has 0 fully saturated rings. The summed E-state index contributed by atoms with van der Waals surface area (Å²) >= 11 is 0. The van der Waals surface area contributed by atoms with Crippen molar-refractivity contribution in [3.63, 3.8) is 0 Å². The van der Waals surface area contributed by atoms with Crippen LogP contribution >= 0.6 is 0 Å². The van der Waals surface area contributed by atoms with Crippen LogP contribution in [0.4, 0.5) is 0 Å². The average Bonchev–Trinajstić information content (AvgIpc) is 2.63. The number of hydrogen-bond acceptors (Lipinski definition) is 2. The van der Waals surface area contributed by atoms with Crippen molar-refractivity contribution in [2.75, 3.05) is 6.54 Å². The number of aromatic amines is 1. The van der Waals surface area contributed by atoms with Gasteiger partial charge < -0.3 is 16.5 Å². The standard InChI is InChI=1S/C10H13N3/c11-6-9(12)8-3-1-2-7-4-5-13-10(7)8/h1-5,9,13H,6,11-12H2. The third kappa shape index (κ3) is 1.32. The first-order valence-electron chi connectivity index (χ1n) is 4.34. The van der Waals surface area contributed by atoms with Gasteiger partial charge >= 0.3 is 0 Å². The van der Waals surface area contributed by atoms with Crippen LogP contribution < -0.4 is 11.5 Å². The normalized spacial score (nSPS) is 13.4. The molecule has 5 N–H and O–H groups in total. The third-order valence-corrected chi connectivity index (χ3v) is 2.27. The quantitative estimate of drug-likeness (QED) is 0.640. The molecule has 2 rings (SSSR count). The highest BCUT2D eigenvalue weighted by molar-refractivity contribution is 5.82. The fraction of sp³-hybridized carbons (Fsp3) is 0.200. The van der Waals surface area contributed by atoms with Crippen molar-refractivity contribution in [2.45, 2.75) is 6.04 Å². The van der Waals surface area contributed by atoms with Gasteiger partial charge in [-0.15, -0.1) is 0 Å². The van der Waals surface area contributed by atoms with E-state index in [0.29, 0.717) is 6.54 Å². The monoisotopic (exact) mass is 175 g/mol. The second kappa shape index (κ2) is 3.20.